The number of benzene rings is 1. The first-order valence-corrected chi connectivity index (χ1v) is 6.82. The molecule has 1 unspecified atom stereocenters. The summed E-state index contributed by atoms with van der Waals surface area (Å²) < 4.78 is 0. The summed E-state index contributed by atoms with van der Waals surface area (Å²) in [5.41, 5.74) is 0.995. The van der Waals surface area contributed by atoms with Gasteiger partial charge in [-0.1, -0.05) is 25.5 Å². The van der Waals surface area contributed by atoms with Gasteiger partial charge in [-0.3, -0.25) is 9.59 Å². The van der Waals surface area contributed by atoms with Gasteiger partial charge in [0.05, 0.1) is 6.42 Å². The third-order valence-corrected chi connectivity index (χ3v) is 2.92. The molecule has 2 amide bonds. The van der Waals surface area contributed by atoms with Gasteiger partial charge >= 0.3 is 12.0 Å². The van der Waals surface area contributed by atoms with Crippen LogP contribution in [0.2, 0.25) is 0 Å². The van der Waals surface area contributed by atoms with Crippen LogP contribution in [0, 0.1) is 0 Å². The zero-order chi connectivity index (χ0) is 15.8. The summed E-state index contributed by atoms with van der Waals surface area (Å²) in [6.07, 6.45) is 1.25. The SMILES string of the molecule is CCCC(CC(=O)O)NC(=O)Nc1cccc(C(C)=O)c1. The highest BCUT2D eigenvalue weighted by molar-refractivity contribution is 5.96. The molecule has 0 aliphatic heterocycles. The Morgan fingerprint density at radius 1 is 1.29 bits per heavy atom. The number of carboxylic acid groups (broad SMARTS) is 1. The predicted molar refractivity (Wildman–Crippen MR) is 79.5 cm³/mol. The van der Waals surface area contributed by atoms with Crippen LogP contribution < -0.4 is 10.6 Å². The standard InChI is InChI=1S/C15H20N2O4/c1-3-5-12(9-14(19)20)16-15(21)17-13-7-4-6-11(8-13)10(2)18/h4,6-8,12H,3,5,9H2,1-2H3,(H,19,20)(H2,16,17,21). The fourth-order valence-electron chi connectivity index (χ4n) is 1.95. The van der Waals surface area contributed by atoms with E-state index in [1.165, 1.54) is 6.92 Å². The number of anilines is 1. The third kappa shape index (κ3) is 6.07. The second-order valence-corrected chi connectivity index (χ2v) is 4.82. The van der Waals surface area contributed by atoms with Crippen LogP contribution in [0.1, 0.15) is 43.5 Å². The Morgan fingerprint density at radius 2 is 2.00 bits per heavy atom. The van der Waals surface area contributed by atoms with Gasteiger partial charge in [0, 0.05) is 17.3 Å². The predicted octanol–water partition coefficient (Wildman–Crippen LogP) is 2.65. The van der Waals surface area contributed by atoms with E-state index in [1.807, 2.05) is 6.92 Å². The molecule has 0 saturated carbocycles. The Labute approximate surface area is 123 Å². The number of rotatable bonds is 7. The molecule has 0 heterocycles. The molecule has 0 aliphatic carbocycles. The molecule has 0 aromatic heterocycles. The number of carboxylic acids is 1. The molecule has 6 heteroatoms. The number of nitrogens with one attached hydrogen (secondary N) is 2. The first-order chi connectivity index (χ1) is 9.92. The van der Waals surface area contributed by atoms with Crippen molar-refractivity contribution in [3.05, 3.63) is 29.8 Å². The monoisotopic (exact) mass is 292 g/mol. The van der Waals surface area contributed by atoms with Gasteiger partial charge in [-0.2, -0.15) is 0 Å². The van der Waals surface area contributed by atoms with Crippen molar-refractivity contribution >= 4 is 23.5 Å². The Hall–Kier alpha value is -2.37. The molecule has 0 fully saturated rings. The summed E-state index contributed by atoms with van der Waals surface area (Å²) in [7, 11) is 0. The lowest BCUT2D eigenvalue weighted by molar-refractivity contribution is -0.137. The number of carbonyl (C=O) groups is 3. The summed E-state index contributed by atoms with van der Waals surface area (Å²) in [6.45, 7) is 3.37. The third-order valence-electron chi connectivity index (χ3n) is 2.92. The largest absolute Gasteiger partial charge is 0.481 e. The highest BCUT2D eigenvalue weighted by Gasteiger charge is 2.15. The molecular weight excluding hydrogens is 272 g/mol. The van der Waals surface area contributed by atoms with Crippen LogP contribution in [-0.4, -0.2) is 28.9 Å². The number of urea groups is 1. The molecule has 1 aromatic carbocycles. The fraction of sp³-hybridized carbons (Fsp3) is 0.400. The highest BCUT2D eigenvalue weighted by Crippen LogP contribution is 2.11. The number of aliphatic carboxylic acids is 1. The van der Waals surface area contributed by atoms with Gasteiger partial charge in [0.2, 0.25) is 0 Å². The number of hydrogen-bond acceptors (Lipinski definition) is 3. The van der Waals surface area contributed by atoms with Crippen molar-refractivity contribution in [3.63, 3.8) is 0 Å². The number of carbonyl (C=O) groups excluding carboxylic acids is 2. The van der Waals surface area contributed by atoms with Crippen molar-refractivity contribution in [1.29, 1.82) is 0 Å². The molecule has 0 saturated heterocycles. The average molecular weight is 292 g/mol. The Morgan fingerprint density at radius 3 is 2.57 bits per heavy atom. The average Bonchev–Trinajstić information content (AvgIpc) is 2.38. The van der Waals surface area contributed by atoms with E-state index in [0.29, 0.717) is 17.7 Å². The first-order valence-electron chi connectivity index (χ1n) is 6.82. The summed E-state index contributed by atoms with van der Waals surface area (Å²) in [5.74, 6) is -1.04. The lowest BCUT2D eigenvalue weighted by Gasteiger charge is -2.16. The van der Waals surface area contributed by atoms with Crippen molar-refractivity contribution in [3.8, 4) is 0 Å². The van der Waals surface area contributed by atoms with Crippen LogP contribution in [0.25, 0.3) is 0 Å². The lowest BCUT2D eigenvalue weighted by atomic mass is 10.1. The highest BCUT2D eigenvalue weighted by atomic mass is 16.4. The molecule has 0 radical (unpaired) electrons. The quantitative estimate of drug-likeness (QED) is 0.673. The van der Waals surface area contributed by atoms with E-state index in [0.717, 1.165) is 6.42 Å². The van der Waals surface area contributed by atoms with E-state index in [-0.39, 0.29) is 12.2 Å². The van der Waals surface area contributed by atoms with Crippen LogP contribution in [0.3, 0.4) is 0 Å². The van der Waals surface area contributed by atoms with Crippen molar-refractivity contribution in [2.75, 3.05) is 5.32 Å². The maximum Gasteiger partial charge on any atom is 0.319 e. The molecule has 0 aliphatic rings. The summed E-state index contributed by atoms with van der Waals surface area (Å²) in [6, 6.07) is 5.69. The second kappa shape index (κ2) is 8.04. The number of amides is 2. The molecule has 3 N–H and O–H groups in total. The van der Waals surface area contributed by atoms with Crippen molar-refractivity contribution in [2.24, 2.45) is 0 Å². The Balaban J connectivity index is 2.65. The van der Waals surface area contributed by atoms with Crippen LogP contribution in [0.5, 0.6) is 0 Å². The van der Waals surface area contributed by atoms with Gasteiger partial charge < -0.3 is 15.7 Å². The van der Waals surface area contributed by atoms with Gasteiger partial charge in [0.15, 0.2) is 5.78 Å². The summed E-state index contributed by atoms with van der Waals surface area (Å²) in [4.78, 5) is 33.9. The number of Topliss-reactive ketones (excluding diaryl/α,β-unsaturated/α-hetero) is 1. The van der Waals surface area contributed by atoms with E-state index < -0.39 is 18.0 Å². The van der Waals surface area contributed by atoms with E-state index in [4.69, 9.17) is 5.11 Å². The molecule has 1 atom stereocenters. The lowest BCUT2D eigenvalue weighted by Crippen LogP contribution is -2.39. The molecule has 1 rings (SSSR count). The summed E-state index contributed by atoms with van der Waals surface area (Å²) >= 11 is 0. The normalized spacial score (nSPS) is 11.5. The zero-order valence-electron chi connectivity index (χ0n) is 12.2. The van der Waals surface area contributed by atoms with Gasteiger partial charge in [0.1, 0.15) is 0 Å². The number of ketones is 1. The van der Waals surface area contributed by atoms with Gasteiger partial charge in [-0.25, -0.2) is 4.79 Å². The van der Waals surface area contributed by atoms with Gasteiger partial charge in [-0.15, -0.1) is 0 Å². The van der Waals surface area contributed by atoms with Crippen LogP contribution in [0.15, 0.2) is 24.3 Å². The van der Waals surface area contributed by atoms with Crippen molar-refractivity contribution < 1.29 is 19.5 Å². The minimum absolute atomic E-state index is 0.0891. The van der Waals surface area contributed by atoms with Crippen LogP contribution in [-0.2, 0) is 4.79 Å². The zero-order valence-corrected chi connectivity index (χ0v) is 12.2. The van der Waals surface area contributed by atoms with E-state index in [1.54, 1.807) is 24.3 Å². The maximum atomic E-state index is 11.9. The molecule has 1 aromatic rings. The van der Waals surface area contributed by atoms with Gasteiger partial charge in [-0.05, 0) is 25.5 Å². The van der Waals surface area contributed by atoms with E-state index in [2.05, 4.69) is 10.6 Å². The van der Waals surface area contributed by atoms with Crippen molar-refractivity contribution in [1.82, 2.24) is 5.32 Å². The molecule has 114 valence electrons. The Bertz CT molecular complexity index is 528. The van der Waals surface area contributed by atoms with E-state index in [9.17, 15) is 14.4 Å². The van der Waals surface area contributed by atoms with Crippen molar-refractivity contribution in [2.45, 2.75) is 39.2 Å². The smallest absolute Gasteiger partial charge is 0.319 e. The summed E-state index contributed by atoms with van der Waals surface area (Å²) in [5, 5.41) is 14.0. The Kier molecular flexibility index (Phi) is 6.39. The minimum Gasteiger partial charge on any atom is -0.481 e. The maximum absolute atomic E-state index is 11.9. The first kappa shape index (κ1) is 16.7. The van der Waals surface area contributed by atoms with Gasteiger partial charge in [0.25, 0.3) is 0 Å². The van der Waals surface area contributed by atoms with E-state index >= 15 is 0 Å². The topological polar surface area (TPSA) is 95.5 Å². The number of hydrogen-bond donors (Lipinski definition) is 3. The van der Waals surface area contributed by atoms with Crippen LogP contribution >= 0.6 is 0 Å². The molecular formula is C15H20N2O4. The molecule has 21 heavy (non-hydrogen) atoms. The minimum atomic E-state index is -0.952. The fourth-order valence-corrected chi connectivity index (χ4v) is 1.95. The van der Waals surface area contributed by atoms with Crippen LogP contribution in [0.4, 0.5) is 10.5 Å². The molecule has 6 nitrogen and oxygen atoms in total. The molecule has 0 spiro atoms. The second-order valence-electron chi connectivity index (χ2n) is 4.82. The molecule has 0 bridgehead atoms.